The molecule has 0 bridgehead atoms. The standard InChI is InChI=1S/C11H14O6.C11H14O5.C11H14O4.C11H12O4.C10H12O5.C10H18O4/c1-10(14)3-4-11(15)6(8(12)16-2)5-17-9(13)7(10)11;1-10(13)3-4-11(14)7(9(12)15-2)5-16-6-8(10)11;1-6-3-4-7-8(10(12)14-2)5-15-11(13)9(6)7;1-7-3-4-8(9(7)5-12)10(6-13)11(14)15-2;1-9(13)2-3-10(14)6(8(11)12)4-15-5-7(9)10;1-8(5-6-11)3-2-4-9(7-12)10(13)14/h5,13-15H,3-4H2,1-2H3;5-6,13-14H,3-4H2,1-2H3;11,13H,3-5H2,1-2H3;3-6,9-10H,1-2H3;4-5,13-14H,2-3H2,1H3,(H,11,12);4,8,11-12H,2-3,5-7H2,1H3,(H,13,14)/b;;;;;9-4-. The highest BCUT2D eigenvalue weighted by Crippen LogP contribution is 2.52. The fourth-order valence-electron chi connectivity index (χ4n) is 11.6. The lowest BCUT2D eigenvalue weighted by Crippen LogP contribution is -2.41. The fraction of sp³-hybridized carbons (Fsp3) is 0.531. The van der Waals surface area contributed by atoms with Gasteiger partial charge in [0.2, 0.25) is 0 Å². The van der Waals surface area contributed by atoms with E-state index < -0.39 is 94.1 Å². The Morgan fingerprint density at radius 2 is 1.20 bits per heavy atom. The lowest BCUT2D eigenvalue weighted by molar-refractivity contribution is -0.146. The van der Waals surface area contributed by atoms with Crippen LogP contribution < -0.4 is 0 Å². The molecule has 0 amide bonds. The molecule has 0 spiro atoms. The highest BCUT2D eigenvalue weighted by atomic mass is 16.6. The van der Waals surface area contributed by atoms with Gasteiger partial charge in [-0.2, -0.15) is 0 Å². The average Bonchev–Trinajstić information content (AvgIpc) is 1.59. The zero-order chi connectivity index (χ0) is 69.5. The summed E-state index contributed by atoms with van der Waals surface area (Å²) in [6.07, 6.45) is 16.2. The molecule has 0 aromatic rings. The molecule has 92 heavy (non-hydrogen) atoms. The molecule has 0 radical (unpaired) electrons. The fourth-order valence-corrected chi connectivity index (χ4v) is 11.6. The number of aldehydes is 2. The van der Waals surface area contributed by atoms with Crippen LogP contribution in [0.2, 0.25) is 0 Å². The first-order chi connectivity index (χ1) is 43.0. The van der Waals surface area contributed by atoms with Crippen molar-refractivity contribution < 1.29 is 138 Å². The van der Waals surface area contributed by atoms with Crippen molar-refractivity contribution in [2.45, 2.75) is 152 Å². The minimum Gasteiger partial charge on any atom is -0.481 e. The van der Waals surface area contributed by atoms with Crippen LogP contribution in [0.1, 0.15) is 112 Å². The van der Waals surface area contributed by atoms with Gasteiger partial charge in [-0.3, -0.25) is 4.79 Å². The largest absolute Gasteiger partial charge is 0.481 e. The molecule has 0 saturated heterocycles. The molecule has 0 aromatic heterocycles. The van der Waals surface area contributed by atoms with Crippen molar-refractivity contribution in [3.05, 3.63) is 128 Å². The molecule has 10 atom stereocenters. The second kappa shape index (κ2) is 32.1. The summed E-state index contributed by atoms with van der Waals surface area (Å²) in [4.78, 5) is 88.7. The number of carbonyl (C=O) groups excluding carboxylic acids is 6. The Bertz CT molecular complexity index is 3190. The first kappa shape index (κ1) is 76.6. The Balaban J connectivity index is 0.000000236. The molecular formula is C64H84O28. The van der Waals surface area contributed by atoms with Gasteiger partial charge in [0.1, 0.15) is 70.8 Å². The molecular weight excluding hydrogens is 1220 g/mol. The monoisotopic (exact) mass is 1300 g/mol. The van der Waals surface area contributed by atoms with Crippen molar-refractivity contribution in [3.63, 3.8) is 0 Å². The van der Waals surface area contributed by atoms with Crippen LogP contribution in [-0.2, 0) is 76.3 Å². The summed E-state index contributed by atoms with van der Waals surface area (Å²) >= 11 is 0. The van der Waals surface area contributed by atoms with E-state index in [1.54, 1.807) is 26.0 Å². The van der Waals surface area contributed by atoms with Gasteiger partial charge in [-0.15, -0.1) is 0 Å². The van der Waals surface area contributed by atoms with Crippen molar-refractivity contribution in [2.24, 2.45) is 17.8 Å². The van der Waals surface area contributed by atoms with Crippen LogP contribution in [0.5, 0.6) is 0 Å². The first-order valence-electron chi connectivity index (χ1n) is 29.0. The van der Waals surface area contributed by atoms with E-state index in [9.17, 15) is 79.2 Å². The van der Waals surface area contributed by atoms with Gasteiger partial charge in [-0.1, -0.05) is 36.3 Å². The number of carbonyl (C=O) groups is 8. The number of aliphatic carboxylic acids is 2. The number of ether oxygens (including phenoxy) is 8. The summed E-state index contributed by atoms with van der Waals surface area (Å²) in [5, 5.41) is 115. The van der Waals surface area contributed by atoms with Crippen LogP contribution in [0, 0.1) is 17.8 Å². The van der Waals surface area contributed by atoms with Gasteiger partial charge >= 0.3 is 35.8 Å². The van der Waals surface area contributed by atoms with E-state index in [4.69, 9.17) is 39.4 Å². The predicted octanol–water partition coefficient (Wildman–Crippen LogP) is 2.88. The minimum absolute atomic E-state index is 0.0327. The third kappa shape index (κ3) is 17.0. The van der Waals surface area contributed by atoms with E-state index in [1.165, 1.54) is 60.9 Å². The number of fused-ring (bicyclic) bond motifs is 4. The Morgan fingerprint density at radius 1 is 0.674 bits per heavy atom. The normalized spacial score (nSPS) is 29.2. The number of hydrogen-bond acceptors (Lipinski definition) is 26. The Morgan fingerprint density at radius 3 is 1.68 bits per heavy atom. The smallest absolute Gasteiger partial charge is 0.340 e. The quantitative estimate of drug-likeness (QED) is 0.0369. The van der Waals surface area contributed by atoms with Gasteiger partial charge in [0, 0.05) is 23.3 Å². The molecule has 9 rings (SSSR count). The summed E-state index contributed by atoms with van der Waals surface area (Å²) in [7, 11) is 4.98. The maximum atomic E-state index is 11.5. The van der Waals surface area contributed by atoms with E-state index in [0.717, 1.165) is 73.0 Å². The lowest BCUT2D eigenvalue weighted by atomic mass is 9.84. The number of carboxylic acids is 2. The van der Waals surface area contributed by atoms with E-state index in [2.05, 4.69) is 18.9 Å². The van der Waals surface area contributed by atoms with Gasteiger partial charge < -0.3 is 109 Å². The number of esters is 4. The Kier molecular flexibility index (Phi) is 26.7. The minimum atomic E-state index is -1.72. The molecule has 28 heteroatoms. The Hall–Kier alpha value is -7.90. The van der Waals surface area contributed by atoms with Crippen LogP contribution in [0.15, 0.2) is 128 Å². The molecule has 5 aliphatic carbocycles. The summed E-state index contributed by atoms with van der Waals surface area (Å²) in [6.45, 7) is 10.2. The van der Waals surface area contributed by atoms with E-state index in [-0.39, 0.29) is 78.3 Å². The second-order valence-electron chi connectivity index (χ2n) is 23.4. The van der Waals surface area contributed by atoms with Crippen molar-refractivity contribution >= 4 is 48.4 Å². The maximum Gasteiger partial charge on any atom is 0.340 e. The summed E-state index contributed by atoms with van der Waals surface area (Å²) in [6, 6.07) is 0. The summed E-state index contributed by atoms with van der Waals surface area (Å²) in [5.41, 5.74) is -3.71. The van der Waals surface area contributed by atoms with Gasteiger partial charge in [-0.05, 0) is 122 Å². The van der Waals surface area contributed by atoms with Crippen LogP contribution in [0.3, 0.4) is 0 Å². The van der Waals surface area contributed by atoms with Crippen LogP contribution in [-0.4, -0.2) is 198 Å². The third-order valence-corrected chi connectivity index (χ3v) is 17.1. The second-order valence-corrected chi connectivity index (χ2v) is 23.4. The molecule has 0 aromatic carbocycles. The first-order valence-corrected chi connectivity index (χ1v) is 29.0. The molecule has 9 aliphatic rings. The number of aliphatic hydroxyl groups excluding tert-OH is 4. The predicted molar refractivity (Wildman–Crippen MR) is 318 cm³/mol. The van der Waals surface area contributed by atoms with Crippen molar-refractivity contribution in [1.29, 1.82) is 0 Å². The van der Waals surface area contributed by atoms with Crippen molar-refractivity contribution in [1.82, 2.24) is 0 Å². The van der Waals surface area contributed by atoms with Crippen molar-refractivity contribution in [3.8, 4) is 0 Å². The molecule has 4 heterocycles. The molecule has 4 aliphatic heterocycles. The summed E-state index contributed by atoms with van der Waals surface area (Å²) < 4.78 is 38.0. The van der Waals surface area contributed by atoms with Gasteiger partial charge in [0.05, 0.1) is 93.6 Å². The molecule has 3 saturated carbocycles. The highest BCUT2D eigenvalue weighted by Gasteiger charge is 2.58. The zero-order valence-corrected chi connectivity index (χ0v) is 52.9. The molecule has 10 unspecified atom stereocenters. The SMILES string of the molecule is CC(CCO)CC/C=C(/CO)C(=O)O.CC1(O)CCC2(O)C(C(=O)O)=COC=C12.COC(=O)C(C=O)C1=CC=C(C)C1C=O.COC(=O)C1=C2CCC(C)=C2C(O)OC1.COC(=O)C1=COC(O)=C2C(C)(O)CCC12O.COC(=O)C1=COC=C2C(C)(O)CCC12O. The number of allylic oxidation sites excluding steroid dienone is 5. The van der Waals surface area contributed by atoms with E-state index in [0.29, 0.717) is 48.2 Å². The number of carboxylic acid groups (broad SMARTS) is 2. The number of hydrogen-bond donors (Lipinski definition) is 12. The van der Waals surface area contributed by atoms with Gasteiger partial charge in [0.25, 0.3) is 5.95 Å². The summed E-state index contributed by atoms with van der Waals surface area (Å²) in [5.74, 6) is -6.33. The van der Waals surface area contributed by atoms with E-state index in [1.807, 2.05) is 13.8 Å². The number of aliphatic hydroxyl groups is 10. The maximum absolute atomic E-state index is 11.5. The number of methoxy groups -OCH3 is 4. The topological polar surface area (TPSA) is 453 Å². The molecule has 12 N–H and O–H groups in total. The lowest BCUT2D eigenvalue weighted by Gasteiger charge is -2.32. The van der Waals surface area contributed by atoms with Gasteiger partial charge in [-0.25, -0.2) is 24.0 Å². The van der Waals surface area contributed by atoms with Crippen LogP contribution >= 0.6 is 0 Å². The number of rotatable bonds is 15. The van der Waals surface area contributed by atoms with Gasteiger partial charge in [0.15, 0.2) is 6.29 Å². The Labute approximate surface area is 530 Å². The van der Waals surface area contributed by atoms with Crippen LogP contribution in [0.25, 0.3) is 0 Å². The molecule has 508 valence electrons. The highest BCUT2D eigenvalue weighted by molar-refractivity contribution is 5.95. The van der Waals surface area contributed by atoms with Crippen LogP contribution in [0.4, 0.5) is 0 Å². The van der Waals surface area contributed by atoms with Crippen molar-refractivity contribution in [2.75, 3.05) is 48.3 Å². The van der Waals surface area contributed by atoms with E-state index >= 15 is 0 Å². The zero-order valence-electron chi connectivity index (χ0n) is 52.9. The molecule has 3 fully saturated rings. The average molecular weight is 1300 g/mol. The molecule has 28 nitrogen and oxygen atoms in total. The third-order valence-electron chi connectivity index (χ3n) is 17.1.